The third-order valence-corrected chi connectivity index (χ3v) is 3.00. The highest BCUT2D eigenvalue weighted by molar-refractivity contribution is 5.89. The lowest BCUT2D eigenvalue weighted by Crippen LogP contribution is -2.05. The molecular weight excluding hydrogens is 252 g/mol. The van der Waals surface area contributed by atoms with Crippen LogP contribution >= 0.6 is 0 Å². The minimum Gasteiger partial charge on any atom is -0.489 e. The Kier molecular flexibility index (Phi) is 4.77. The van der Waals surface area contributed by atoms with Crippen LogP contribution in [0, 0.1) is 6.92 Å². The highest BCUT2D eigenvalue weighted by Crippen LogP contribution is 2.17. The lowest BCUT2D eigenvalue weighted by molar-refractivity contribution is 0.0526. The first-order valence-electron chi connectivity index (χ1n) is 6.65. The van der Waals surface area contributed by atoms with Crippen molar-refractivity contribution in [1.29, 1.82) is 0 Å². The molecule has 2 aromatic rings. The SMILES string of the molecule is CCOC(=O)c1cccc(OCc2ccccc2C)c1. The van der Waals surface area contributed by atoms with Crippen LogP contribution in [0.1, 0.15) is 28.4 Å². The van der Waals surface area contributed by atoms with E-state index >= 15 is 0 Å². The maximum absolute atomic E-state index is 11.6. The largest absolute Gasteiger partial charge is 0.489 e. The minimum atomic E-state index is -0.325. The fraction of sp³-hybridized carbons (Fsp3) is 0.235. The lowest BCUT2D eigenvalue weighted by atomic mass is 10.1. The summed E-state index contributed by atoms with van der Waals surface area (Å²) in [6.45, 7) is 4.69. The molecule has 0 saturated carbocycles. The molecule has 0 heterocycles. The van der Waals surface area contributed by atoms with Crippen molar-refractivity contribution in [3.05, 3.63) is 65.2 Å². The van der Waals surface area contributed by atoms with Crippen molar-refractivity contribution in [3.8, 4) is 5.75 Å². The van der Waals surface area contributed by atoms with Crippen molar-refractivity contribution >= 4 is 5.97 Å². The Morgan fingerprint density at radius 1 is 1.10 bits per heavy atom. The summed E-state index contributed by atoms with van der Waals surface area (Å²) in [7, 11) is 0. The van der Waals surface area contributed by atoms with Crippen molar-refractivity contribution < 1.29 is 14.3 Å². The van der Waals surface area contributed by atoms with Gasteiger partial charge >= 0.3 is 5.97 Å². The molecule has 0 unspecified atom stereocenters. The molecule has 0 amide bonds. The third-order valence-electron chi connectivity index (χ3n) is 3.00. The van der Waals surface area contributed by atoms with Gasteiger partial charge in [-0.2, -0.15) is 0 Å². The van der Waals surface area contributed by atoms with E-state index in [1.165, 1.54) is 5.56 Å². The monoisotopic (exact) mass is 270 g/mol. The Labute approximate surface area is 119 Å². The zero-order valence-corrected chi connectivity index (χ0v) is 11.8. The van der Waals surface area contributed by atoms with Crippen molar-refractivity contribution in [1.82, 2.24) is 0 Å². The molecule has 0 aliphatic carbocycles. The second-order valence-electron chi connectivity index (χ2n) is 4.46. The second kappa shape index (κ2) is 6.75. The van der Waals surface area contributed by atoms with E-state index < -0.39 is 0 Å². The fourth-order valence-electron chi connectivity index (χ4n) is 1.86. The molecule has 0 fully saturated rings. The molecule has 3 heteroatoms. The van der Waals surface area contributed by atoms with Gasteiger partial charge in [-0.05, 0) is 43.2 Å². The van der Waals surface area contributed by atoms with Crippen molar-refractivity contribution in [3.63, 3.8) is 0 Å². The van der Waals surface area contributed by atoms with Crippen LogP contribution in [0.4, 0.5) is 0 Å². The lowest BCUT2D eigenvalue weighted by Gasteiger charge is -2.09. The van der Waals surface area contributed by atoms with Gasteiger partial charge in [-0.1, -0.05) is 30.3 Å². The molecule has 3 nitrogen and oxygen atoms in total. The van der Waals surface area contributed by atoms with Gasteiger partial charge in [0, 0.05) is 0 Å². The van der Waals surface area contributed by atoms with Crippen molar-refractivity contribution in [2.45, 2.75) is 20.5 Å². The van der Waals surface area contributed by atoms with Crippen LogP contribution in [0.25, 0.3) is 0 Å². The molecule has 0 aliphatic heterocycles. The van der Waals surface area contributed by atoms with Gasteiger partial charge < -0.3 is 9.47 Å². The number of ether oxygens (including phenoxy) is 2. The summed E-state index contributed by atoms with van der Waals surface area (Å²) >= 11 is 0. The van der Waals surface area contributed by atoms with E-state index in [4.69, 9.17) is 9.47 Å². The van der Waals surface area contributed by atoms with Gasteiger partial charge in [0.25, 0.3) is 0 Å². The van der Waals surface area contributed by atoms with Gasteiger partial charge in [0.2, 0.25) is 0 Å². The summed E-state index contributed by atoms with van der Waals surface area (Å²) in [5, 5.41) is 0. The highest BCUT2D eigenvalue weighted by atomic mass is 16.5. The predicted molar refractivity (Wildman–Crippen MR) is 77.9 cm³/mol. The zero-order valence-electron chi connectivity index (χ0n) is 11.8. The van der Waals surface area contributed by atoms with Crippen LogP contribution in [0.5, 0.6) is 5.75 Å². The molecule has 0 N–H and O–H groups in total. The highest BCUT2D eigenvalue weighted by Gasteiger charge is 2.07. The average molecular weight is 270 g/mol. The number of carbonyl (C=O) groups is 1. The minimum absolute atomic E-state index is 0.325. The summed E-state index contributed by atoms with van der Waals surface area (Å²) in [6.07, 6.45) is 0. The van der Waals surface area contributed by atoms with Crippen LogP contribution in [0.2, 0.25) is 0 Å². The number of esters is 1. The van der Waals surface area contributed by atoms with Crippen molar-refractivity contribution in [2.24, 2.45) is 0 Å². The van der Waals surface area contributed by atoms with E-state index in [1.54, 1.807) is 25.1 Å². The standard InChI is InChI=1S/C17H18O3/c1-3-19-17(18)14-9-6-10-16(11-14)20-12-15-8-5-4-7-13(15)2/h4-11H,3,12H2,1-2H3. The molecule has 0 radical (unpaired) electrons. The first kappa shape index (κ1) is 14.1. The molecule has 104 valence electrons. The number of rotatable bonds is 5. The molecule has 2 rings (SSSR count). The molecule has 0 spiro atoms. The zero-order chi connectivity index (χ0) is 14.4. The first-order chi connectivity index (χ1) is 9.70. The predicted octanol–water partition coefficient (Wildman–Crippen LogP) is 3.75. The van der Waals surface area contributed by atoms with Gasteiger partial charge in [0.1, 0.15) is 12.4 Å². The van der Waals surface area contributed by atoms with E-state index in [-0.39, 0.29) is 5.97 Å². The Balaban J connectivity index is 2.05. The number of benzene rings is 2. The maximum atomic E-state index is 11.6. The fourth-order valence-corrected chi connectivity index (χ4v) is 1.86. The first-order valence-corrected chi connectivity index (χ1v) is 6.65. The van der Waals surface area contributed by atoms with E-state index in [1.807, 2.05) is 37.3 Å². The summed E-state index contributed by atoms with van der Waals surface area (Å²) in [4.78, 5) is 11.6. The van der Waals surface area contributed by atoms with Crippen molar-refractivity contribution in [2.75, 3.05) is 6.61 Å². The van der Waals surface area contributed by atoms with E-state index in [0.717, 1.165) is 5.56 Å². The Bertz CT molecular complexity index is 590. The third kappa shape index (κ3) is 3.60. The van der Waals surface area contributed by atoms with E-state index in [9.17, 15) is 4.79 Å². The molecule has 0 aromatic heterocycles. The number of carbonyl (C=O) groups excluding carboxylic acids is 1. The summed E-state index contributed by atoms with van der Waals surface area (Å²) < 4.78 is 10.7. The average Bonchev–Trinajstić information content (AvgIpc) is 2.47. The van der Waals surface area contributed by atoms with Gasteiger partial charge in [-0.3, -0.25) is 0 Å². The van der Waals surface area contributed by atoms with Crippen LogP contribution in [0.3, 0.4) is 0 Å². The van der Waals surface area contributed by atoms with Crippen LogP contribution in [0.15, 0.2) is 48.5 Å². The van der Waals surface area contributed by atoms with E-state index in [0.29, 0.717) is 24.5 Å². The molecule has 2 aromatic carbocycles. The number of hydrogen-bond acceptors (Lipinski definition) is 3. The number of aryl methyl sites for hydroxylation is 1. The van der Waals surface area contributed by atoms with Gasteiger partial charge in [0.05, 0.1) is 12.2 Å². The number of hydrogen-bond donors (Lipinski definition) is 0. The Morgan fingerprint density at radius 3 is 2.65 bits per heavy atom. The van der Waals surface area contributed by atoms with Crippen LogP contribution in [-0.4, -0.2) is 12.6 Å². The van der Waals surface area contributed by atoms with Gasteiger partial charge in [-0.25, -0.2) is 4.79 Å². The molecule has 0 aliphatic rings. The Morgan fingerprint density at radius 2 is 1.90 bits per heavy atom. The molecule has 0 atom stereocenters. The van der Waals surface area contributed by atoms with Gasteiger partial charge in [0.15, 0.2) is 0 Å². The van der Waals surface area contributed by atoms with E-state index in [2.05, 4.69) is 0 Å². The molecular formula is C17H18O3. The smallest absolute Gasteiger partial charge is 0.338 e. The second-order valence-corrected chi connectivity index (χ2v) is 4.46. The summed E-state index contributed by atoms with van der Waals surface area (Å²) in [5.74, 6) is 0.340. The van der Waals surface area contributed by atoms with Gasteiger partial charge in [-0.15, -0.1) is 0 Å². The topological polar surface area (TPSA) is 35.5 Å². The quantitative estimate of drug-likeness (QED) is 0.776. The Hall–Kier alpha value is -2.29. The molecule has 0 saturated heterocycles. The maximum Gasteiger partial charge on any atom is 0.338 e. The van der Waals surface area contributed by atoms with Crippen LogP contribution < -0.4 is 4.74 Å². The normalized spacial score (nSPS) is 10.1. The molecule has 20 heavy (non-hydrogen) atoms. The van der Waals surface area contributed by atoms with Crippen LogP contribution in [-0.2, 0) is 11.3 Å². The summed E-state index contributed by atoms with van der Waals surface area (Å²) in [6, 6.07) is 15.1. The summed E-state index contributed by atoms with van der Waals surface area (Å²) in [5.41, 5.74) is 2.83. The molecule has 0 bridgehead atoms.